The average Bonchev–Trinajstić information content (AvgIpc) is 3.18. The van der Waals surface area contributed by atoms with Gasteiger partial charge in [0.2, 0.25) is 11.7 Å². The third-order valence-electron chi connectivity index (χ3n) is 5.75. The van der Waals surface area contributed by atoms with Gasteiger partial charge in [0.15, 0.2) is 11.6 Å². The second-order valence-electron chi connectivity index (χ2n) is 8.01. The first-order valence-corrected chi connectivity index (χ1v) is 11.2. The Bertz CT molecular complexity index is 1290. The highest BCUT2D eigenvalue weighted by Crippen LogP contribution is 2.39. The Kier molecular flexibility index (Phi) is 7.06. The van der Waals surface area contributed by atoms with Crippen LogP contribution in [0.1, 0.15) is 29.9 Å². The van der Waals surface area contributed by atoms with Gasteiger partial charge in [0.25, 0.3) is 0 Å². The standard InChI is InChI=1S/C23H17Cl2F6N3O/c24-14-5-2-4-13(20(14)25)21-18-11-33(7-8-34(18)22(32-21)23(29,30)31)19(35)6-1-3-12-9-16(27)17(28)10-15(12)26/h2,4-5,9-10H,1,3,6-8,11H2. The Morgan fingerprint density at radius 1 is 1.03 bits per heavy atom. The van der Waals surface area contributed by atoms with Crippen molar-refractivity contribution in [3.05, 3.63) is 74.9 Å². The predicted molar refractivity (Wildman–Crippen MR) is 117 cm³/mol. The summed E-state index contributed by atoms with van der Waals surface area (Å²) in [7, 11) is 0. The van der Waals surface area contributed by atoms with Gasteiger partial charge in [-0.3, -0.25) is 4.79 Å². The van der Waals surface area contributed by atoms with E-state index in [1.165, 1.54) is 23.1 Å². The topological polar surface area (TPSA) is 38.1 Å². The summed E-state index contributed by atoms with van der Waals surface area (Å²) in [5, 5.41) is 0.188. The molecule has 2 aromatic carbocycles. The number of aromatic nitrogens is 2. The molecule has 0 N–H and O–H groups in total. The van der Waals surface area contributed by atoms with Crippen LogP contribution in [0.15, 0.2) is 30.3 Å². The number of benzene rings is 2. The second kappa shape index (κ2) is 9.73. The lowest BCUT2D eigenvalue weighted by atomic mass is 10.1. The van der Waals surface area contributed by atoms with Crippen LogP contribution in [0.2, 0.25) is 10.0 Å². The second-order valence-corrected chi connectivity index (χ2v) is 8.79. The summed E-state index contributed by atoms with van der Waals surface area (Å²) >= 11 is 12.3. The average molecular weight is 536 g/mol. The Labute approximate surface area is 206 Å². The third-order valence-corrected chi connectivity index (χ3v) is 6.56. The van der Waals surface area contributed by atoms with Gasteiger partial charge in [-0.05, 0) is 30.5 Å². The highest BCUT2D eigenvalue weighted by molar-refractivity contribution is 6.43. The zero-order valence-corrected chi connectivity index (χ0v) is 19.4. The van der Waals surface area contributed by atoms with Crippen LogP contribution >= 0.6 is 23.2 Å². The maximum absolute atomic E-state index is 13.8. The maximum Gasteiger partial charge on any atom is 0.449 e. The van der Waals surface area contributed by atoms with E-state index in [1.807, 2.05) is 0 Å². The number of nitrogens with zero attached hydrogens (tertiary/aromatic N) is 3. The molecule has 0 unspecified atom stereocenters. The van der Waals surface area contributed by atoms with Gasteiger partial charge in [-0.25, -0.2) is 18.2 Å². The molecule has 186 valence electrons. The highest BCUT2D eigenvalue weighted by Gasteiger charge is 2.41. The fourth-order valence-electron chi connectivity index (χ4n) is 4.04. The van der Waals surface area contributed by atoms with E-state index in [2.05, 4.69) is 4.98 Å². The first kappa shape index (κ1) is 25.4. The normalized spacial score (nSPS) is 13.8. The van der Waals surface area contributed by atoms with Crippen molar-refractivity contribution in [3.63, 3.8) is 0 Å². The van der Waals surface area contributed by atoms with E-state index < -0.39 is 29.5 Å². The van der Waals surface area contributed by atoms with Crippen molar-refractivity contribution < 1.29 is 31.1 Å². The Morgan fingerprint density at radius 2 is 1.74 bits per heavy atom. The lowest BCUT2D eigenvalue weighted by Crippen LogP contribution is -2.39. The number of hydrogen-bond acceptors (Lipinski definition) is 2. The fourth-order valence-corrected chi connectivity index (χ4v) is 4.43. The van der Waals surface area contributed by atoms with Crippen molar-refractivity contribution in [3.8, 4) is 11.3 Å². The lowest BCUT2D eigenvalue weighted by Gasteiger charge is -2.30. The molecule has 0 atom stereocenters. The number of rotatable bonds is 5. The monoisotopic (exact) mass is 535 g/mol. The molecule has 1 aliphatic rings. The first-order valence-electron chi connectivity index (χ1n) is 10.5. The number of amides is 1. The van der Waals surface area contributed by atoms with Gasteiger partial charge < -0.3 is 9.47 Å². The van der Waals surface area contributed by atoms with Crippen molar-refractivity contribution in [2.45, 2.75) is 38.5 Å². The van der Waals surface area contributed by atoms with Crippen LogP contribution in [-0.2, 0) is 30.5 Å². The Hall–Kier alpha value is -2.72. The minimum Gasteiger partial charge on any atom is -0.335 e. The van der Waals surface area contributed by atoms with Gasteiger partial charge in [0.1, 0.15) is 5.82 Å². The molecule has 1 aromatic heterocycles. The zero-order chi connectivity index (χ0) is 25.5. The van der Waals surface area contributed by atoms with Crippen molar-refractivity contribution >= 4 is 29.1 Å². The fraction of sp³-hybridized carbons (Fsp3) is 0.304. The molecule has 12 heteroatoms. The Balaban J connectivity index is 1.55. The zero-order valence-electron chi connectivity index (χ0n) is 17.9. The summed E-state index contributed by atoms with van der Waals surface area (Å²) < 4.78 is 82.2. The Morgan fingerprint density at radius 3 is 2.46 bits per heavy atom. The molecule has 4 rings (SSSR count). The number of halogens is 8. The van der Waals surface area contributed by atoms with E-state index in [-0.39, 0.29) is 77.4 Å². The molecule has 0 saturated heterocycles. The van der Waals surface area contributed by atoms with Crippen LogP contribution in [0.25, 0.3) is 11.3 Å². The molecule has 0 aliphatic carbocycles. The van der Waals surface area contributed by atoms with Crippen molar-refractivity contribution in [2.75, 3.05) is 6.54 Å². The number of imidazole rings is 1. The molecule has 0 saturated carbocycles. The van der Waals surface area contributed by atoms with Crippen LogP contribution in [0, 0.1) is 17.5 Å². The van der Waals surface area contributed by atoms with Gasteiger partial charge in [-0.15, -0.1) is 0 Å². The minimum atomic E-state index is -4.72. The van der Waals surface area contributed by atoms with Gasteiger partial charge in [0.05, 0.1) is 28.0 Å². The van der Waals surface area contributed by atoms with E-state index in [0.717, 1.165) is 10.6 Å². The summed E-state index contributed by atoms with van der Waals surface area (Å²) in [6.45, 7) is -0.286. The molecule has 2 heterocycles. The van der Waals surface area contributed by atoms with Crippen LogP contribution < -0.4 is 0 Å². The van der Waals surface area contributed by atoms with Gasteiger partial charge >= 0.3 is 6.18 Å². The minimum absolute atomic E-state index is 0.00747. The number of alkyl halides is 3. The quantitative estimate of drug-likeness (QED) is 0.270. The molecule has 0 spiro atoms. The van der Waals surface area contributed by atoms with Crippen LogP contribution in [0.5, 0.6) is 0 Å². The van der Waals surface area contributed by atoms with Crippen molar-refractivity contribution in [1.82, 2.24) is 14.5 Å². The molecular weight excluding hydrogens is 519 g/mol. The molecule has 1 aliphatic heterocycles. The van der Waals surface area contributed by atoms with E-state index in [4.69, 9.17) is 23.2 Å². The van der Waals surface area contributed by atoms with E-state index in [1.54, 1.807) is 0 Å². The largest absolute Gasteiger partial charge is 0.449 e. The molecular formula is C23H17Cl2F6N3O. The third kappa shape index (κ3) is 5.13. The number of carbonyl (C=O) groups excluding carboxylic acids is 1. The van der Waals surface area contributed by atoms with E-state index >= 15 is 0 Å². The lowest BCUT2D eigenvalue weighted by molar-refractivity contribution is -0.148. The molecule has 0 bridgehead atoms. The molecule has 1 amide bonds. The smallest absolute Gasteiger partial charge is 0.335 e. The van der Waals surface area contributed by atoms with E-state index in [9.17, 15) is 31.1 Å². The van der Waals surface area contributed by atoms with Crippen molar-refractivity contribution in [2.24, 2.45) is 0 Å². The molecule has 3 aromatic rings. The predicted octanol–water partition coefficient (Wildman–Crippen LogP) is 6.66. The molecule has 0 radical (unpaired) electrons. The number of hydrogen-bond donors (Lipinski definition) is 0. The number of carbonyl (C=O) groups is 1. The van der Waals surface area contributed by atoms with Gasteiger partial charge in [-0.2, -0.15) is 13.2 Å². The summed E-state index contributed by atoms with van der Waals surface area (Å²) in [6.07, 6.45) is -4.66. The van der Waals surface area contributed by atoms with Crippen LogP contribution in [0.3, 0.4) is 0 Å². The number of fused-ring (bicyclic) bond motifs is 1. The van der Waals surface area contributed by atoms with Crippen LogP contribution in [-0.4, -0.2) is 26.9 Å². The van der Waals surface area contributed by atoms with Gasteiger partial charge in [0, 0.05) is 31.1 Å². The van der Waals surface area contributed by atoms with E-state index in [0.29, 0.717) is 6.07 Å². The summed E-state index contributed by atoms with van der Waals surface area (Å²) in [5.41, 5.74) is 0.279. The SMILES string of the molecule is O=C(CCCc1cc(F)c(F)cc1F)N1CCn2c(C(F)(F)F)nc(-c3cccc(Cl)c3Cl)c2C1. The van der Waals surface area contributed by atoms with Crippen LogP contribution in [0.4, 0.5) is 26.3 Å². The van der Waals surface area contributed by atoms with Crippen molar-refractivity contribution in [1.29, 1.82) is 0 Å². The maximum atomic E-state index is 13.8. The summed E-state index contributed by atoms with van der Waals surface area (Å²) in [5.74, 6) is -4.89. The molecule has 35 heavy (non-hydrogen) atoms. The summed E-state index contributed by atoms with van der Waals surface area (Å²) in [6, 6.07) is 5.71. The summed E-state index contributed by atoms with van der Waals surface area (Å²) in [4.78, 5) is 18.0. The van der Waals surface area contributed by atoms with Gasteiger partial charge in [-0.1, -0.05) is 35.3 Å². The molecule has 4 nitrogen and oxygen atoms in total. The highest BCUT2D eigenvalue weighted by atomic mass is 35.5. The first-order chi connectivity index (χ1) is 16.5. The molecule has 0 fully saturated rings. The number of aryl methyl sites for hydroxylation is 1.